The Kier molecular flexibility index (Phi) is 3.44. The minimum Gasteiger partial charge on any atom is -0.411 e. The number of rotatable bonds is 3. The molecule has 0 saturated carbocycles. The third kappa shape index (κ3) is 3.33. The summed E-state index contributed by atoms with van der Waals surface area (Å²) in [7, 11) is 0. The van der Waals surface area contributed by atoms with Gasteiger partial charge in [0.25, 0.3) is 5.91 Å². The first-order valence-electron chi connectivity index (χ1n) is 3.68. The van der Waals surface area contributed by atoms with E-state index in [0.29, 0.717) is 6.54 Å². The van der Waals surface area contributed by atoms with Crippen LogP contribution in [0, 0.1) is 0 Å². The van der Waals surface area contributed by atoms with E-state index in [4.69, 9.17) is 5.21 Å². The second-order valence-corrected chi connectivity index (χ2v) is 2.28. The summed E-state index contributed by atoms with van der Waals surface area (Å²) in [6, 6.07) is 5.41. The van der Waals surface area contributed by atoms with Gasteiger partial charge in [-0.25, -0.2) is 0 Å². The van der Waals surface area contributed by atoms with Crippen molar-refractivity contribution in [2.75, 3.05) is 0 Å². The van der Waals surface area contributed by atoms with E-state index in [9.17, 15) is 4.79 Å². The van der Waals surface area contributed by atoms with Gasteiger partial charge in [-0.15, -0.1) is 0 Å². The first-order valence-corrected chi connectivity index (χ1v) is 3.68. The average Bonchev–Trinajstić information content (AvgIpc) is 2.17. The van der Waals surface area contributed by atoms with Crippen LogP contribution in [0.4, 0.5) is 0 Å². The second kappa shape index (κ2) is 4.87. The molecule has 0 aliphatic carbocycles. The highest BCUT2D eigenvalue weighted by molar-refractivity contribution is 6.25. The molecule has 0 unspecified atom stereocenters. The van der Waals surface area contributed by atoms with Crippen LogP contribution in [0.5, 0.6) is 0 Å². The van der Waals surface area contributed by atoms with Gasteiger partial charge >= 0.3 is 0 Å². The number of amides is 1. The summed E-state index contributed by atoms with van der Waals surface area (Å²) in [6.07, 6.45) is 2.44. The summed E-state index contributed by atoms with van der Waals surface area (Å²) in [5.74, 6) is -0.451. The summed E-state index contributed by atoms with van der Waals surface area (Å²) in [5.41, 5.74) is 0.752. The molecular weight excluding hydrogens is 170 g/mol. The number of nitrogens with zero attached hydrogens (tertiary/aromatic N) is 2. The van der Waals surface area contributed by atoms with Gasteiger partial charge in [0.05, 0.1) is 12.2 Å². The number of oxime groups is 1. The van der Waals surface area contributed by atoms with Crippen molar-refractivity contribution in [1.82, 2.24) is 10.3 Å². The van der Waals surface area contributed by atoms with E-state index in [1.807, 2.05) is 6.07 Å². The van der Waals surface area contributed by atoms with Gasteiger partial charge in [0.2, 0.25) is 0 Å². The van der Waals surface area contributed by atoms with E-state index >= 15 is 0 Å². The molecule has 0 saturated heterocycles. The van der Waals surface area contributed by atoms with E-state index in [0.717, 1.165) is 11.9 Å². The van der Waals surface area contributed by atoms with Crippen molar-refractivity contribution in [3.8, 4) is 0 Å². The Labute approximate surface area is 75.1 Å². The van der Waals surface area contributed by atoms with Gasteiger partial charge < -0.3 is 10.5 Å². The lowest BCUT2D eigenvalue weighted by Crippen LogP contribution is -2.23. The quantitative estimate of drug-likeness (QED) is 0.394. The Morgan fingerprint density at radius 1 is 1.69 bits per heavy atom. The number of pyridine rings is 1. The maximum absolute atomic E-state index is 10.8. The van der Waals surface area contributed by atoms with Gasteiger partial charge in [0.15, 0.2) is 0 Å². The molecule has 0 bridgehead atoms. The lowest BCUT2D eigenvalue weighted by Gasteiger charge is -1.99. The van der Waals surface area contributed by atoms with Crippen molar-refractivity contribution in [3.63, 3.8) is 0 Å². The van der Waals surface area contributed by atoms with E-state index in [2.05, 4.69) is 15.5 Å². The lowest BCUT2D eigenvalue weighted by molar-refractivity contribution is -0.114. The molecule has 1 heterocycles. The smallest absolute Gasteiger partial charge is 0.266 e. The van der Waals surface area contributed by atoms with Gasteiger partial charge in [0, 0.05) is 6.20 Å². The number of aromatic nitrogens is 1. The van der Waals surface area contributed by atoms with Gasteiger partial charge in [-0.1, -0.05) is 11.2 Å². The fraction of sp³-hybridized carbons (Fsp3) is 0.125. The van der Waals surface area contributed by atoms with Crippen LogP contribution in [0.25, 0.3) is 0 Å². The van der Waals surface area contributed by atoms with Crippen molar-refractivity contribution >= 4 is 12.1 Å². The minimum absolute atomic E-state index is 0.325. The highest BCUT2D eigenvalue weighted by Crippen LogP contribution is 1.90. The second-order valence-electron chi connectivity index (χ2n) is 2.28. The van der Waals surface area contributed by atoms with E-state index < -0.39 is 5.91 Å². The van der Waals surface area contributed by atoms with Crippen LogP contribution in [0.2, 0.25) is 0 Å². The van der Waals surface area contributed by atoms with Crippen LogP contribution < -0.4 is 5.32 Å². The number of nitrogens with one attached hydrogen (secondary N) is 1. The lowest BCUT2D eigenvalue weighted by atomic mass is 10.3. The summed E-state index contributed by atoms with van der Waals surface area (Å²) in [4.78, 5) is 14.8. The van der Waals surface area contributed by atoms with Crippen molar-refractivity contribution in [3.05, 3.63) is 30.1 Å². The third-order valence-corrected chi connectivity index (χ3v) is 1.34. The fourth-order valence-electron chi connectivity index (χ4n) is 0.778. The SMILES string of the molecule is O=C(/C=N/O)NCc1ccccn1. The maximum atomic E-state index is 10.8. The first-order chi connectivity index (χ1) is 6.33. The topological polar surface area (TPSA) is 74.6 Å². The Bertz CT molecular complexity index is 298. The first kappa shape index (κ1) is 9.18. The van der Waals surface area contributed by atoms with Crippen LogP contribution in [0.1, 0.15) is 5.69 Å². The molecule has 13 heavy (non-hydrogen) atoms. The summed E-state index contributed by atoms with van der Waals surface area (Å²) < 4.78 is 0. The zero-order chi connectivity index (χ0) is 9.52. The molecule has 5 heteroatoms. The highest BCUT2D eigenvalue weighted by atomic mass is 16.4. The van der Waals surface area contributed by atoms with Crippen molar-refractivity contribution < 1.29 is 10.0 Å². The molecule has 0 fully saturated rings. The van der Waals surface area contributed by atoms with E-state index in [-0.39, 0.29) is 0 Å². The van der Waals surface area contributed by atoms with E-state index in [1.54, 1.807) is 18.3 Å². The molecule has 0 radical (unpaired) electrons. The largest absolute Gasteiger partial charge is 0.411 e. The molecule has 0 aliphatic heterocycles. The zero-order valence-corrected chi connectivity index (χ0v) is 6.84. The molecule has 0 spiro atoms. The molecule has 1 aromatic heterocycles. The van der Waals surface area contributed by atoms with Gasteiger partial charge in [-0.2, -0.15) is 0 Å². The fourth-order valence-corrected chi connectivity index (χ4v) is 0.778. The van der Waals surface area contributed by atoms with Gasteiger partial charge in [0.1, 0.15) is 6.21 Å². The van der Waals surface area contributed by atoms with Crippen LogP contribution in [0.15, 0.2) is 29.6 Å². The van der Waals surface area contributed by atoms with Crippen LogP contribution in [0.3, 0.4) is 0 Å². The van der Waals surface area contributed by atoms with Crippen LogP contribution in [-0.2, 0) is 11.3 Å². The monoisotopic (exact) mass is 179 g/mol. The molecule has 1 aromatic rings. The minimum atomic E-state index is -0.451. The molecule has 2 N–H and O–H groups in total. The van der Waals surface area contributed by atoms with Gasteiger partial charge in [-0.3, -0.25) is 9.78 Å². The average molecular weight is 179 g/mol. The molecule has 5 nitrogen and oxygen atoms in total. The number of hydrogen-bond acceptors (Lipinski definition) is 4. The molecule has 0 atom stereocenters. The Morgan fingerprint density at radius 3 is 3.15 bits per heavy atom. The normalized spacial score (nSPS) is 10.2. The molecule has 0 aromatic carbocycles. The summed E-state index contributed by atoms with van der Waals surface area (Å²) in [6.45, 7) is 0.325. The maximum Gasteiger partial charge on any atom is 0.266 e. The summed E-state index contributed by atoms with van der Waals surface area (Å²) >= 11 is 0. The van der Waals surface area contributed by atoms with Crippen molar-refractivity contribution in [2.45, 2.75) is 6.54 Å². The highest BCUT2D eigenvalue weighted by Gasteiger charge is 1.96. The number of carbonyl (C=O) groups excluding carboxylic acids is 1. The predicted octanol–water partition coefficient (Wildman–Crippen LogP) is 0.158. The molecule has 0 aliphatic rings. The van der Waals surface area contributed by atoms with Crippen molar-refractivity contribution in [1.29, 1.82) is 0 Å². The van der Waals surface area contributed by atoms with Crippen LogP contribution in [-0.4, -0.2) is 22.3 Å². The van der Waals surface area contributed by atoms with Crippen LogP contribution >= 0.6 is 0 Å². The zero-order valence-electron chi connectivity index (χ0n) is 6.84. The summed E-state index contributed by atoms with van der Waals surface area (Å²) in [5, 5.41) is 13.1. The molecule has 1 amide bonds. The Morgan fingerprint density at radius 2 is 2.54 bits per heavy atom. The van der Waals surface area contributed by atoms with Gasteiger partial charge in [-0.05, 0) is 12.1 Å². The number of carbonyl (C=O) groups is 1. The van der Waals surface area contributed by atoms with Crippen molar-refractivity contribution in [2.24, 2.45) is 5.16 Å². The Balaban J connectivity index is 2.40. The molecule has 68 valence electrons. The predicted molar refractivity (Wildman–Crippen MR) is 46.4 cm³/mol. The molecular formula is C8H9N3O2. The standard InChI is InChI=1S/C8H9N3O2/c12-8(6-11-13)10-5-7-3-1-2-4-9-7/h1-4,6,13H,5H2,(H,10,12)/b11-6+. The molecule has 1 rings (SSSR count). The van der Waals surface area contributed by atoms with E-state index in [1.165, 1.54) is 0 Å². The number of hydrogen-bond donors (Lipinski definition) is 2. The Hall–Kier alpha value is -1.91. The third-order valence-electron chi connectivity index (χ3n) is 1.34.